The lowest BCUT2D eigenvalue weighted by molar-refractivity contribution is 0.0951. The molecule has 0 fully saturated rings. The molecule has 5 heteroatoms. The topological polar surface area (TPSA) is 67.4 Å². The van der Waals surface area contributed by atoms with Crippen molar-refractivity contribution in [3.8, 4) is 0 Å². The summed E-state index contributed by atoms with van der Waals surface area (Å²) >= 11 is 0. The zero-order valence-corrected chi connectivity index (χ0v) is 14.6. The highest BCUT2D eigenvalue weighted by Gasteiger charge is 2.07. The quantitative estimate of drug-likeness (QED) is 0.759. The molecule has 2 amide bonds. The first kappa shape index (κ1) is 18.5. The Morgan fingerprint density at radius 3 is 2.20 bits per heavy atom. The average Bonchev–Trinajstić information content (AvgIpc) is 2.64. The summed E-state index contributed by atoms with van der Waals surface area (Å²) in [5.74, 6) is 0.276. The summed E-state index contributed by atoms with van der Waals surface area (Å²) in [5, 5.41) is 5.38. The van der Waals surface area contributed by atoms with Gasteiger partial charge in [-0.3, -0.25) is 4.79 Å². The molecule has 0 saturated carbocycles. The molecule has 2 rings (SSSR count). The normalized spacial score (nSPS) is 10.4. The van der Waals surface area contributed by atoms with Gasteiger partial charge in [0, 0.05) is 18.7 Å². The lowest BCUT2D eigenvalue weighted by Crippen LogP contribution is -2.34. The summed E-state index contributed by atoms with van der Waals surface area (Å²) in [7, 11) is 0. The van der Waals surface area contributed by atoms with Crippen LogP contribution in [0, 0.1) is 0 Å². The molecule has 0 spiro atoms. The van der Waals surface area contributed by atoms with E-state index < -0.39 is 6.09 Å². The Morgan fingerprint density at radius 1 is 0.920 bits per heavy atom. The third-order valence-electron chi connectivity index (χ3n) is 3.73. The Bertz CT molecular complexity index is 682. The monoisotopic (exact) mass is 340 g/mol. The van der Waals surface area contributed by atoms with Crippen LogP contribution in [0.4, 0.5) is 4.79 Å². The van der Waals surface area contributed by atoms with Gasteiger partial charge >= 0.3 is 6.09 Å². The van der Waals surface area contributed by atoms with E-state index in [-0.39, 0.29) is 12.5 Å². The predicted octanol–water partition coefficient (Wildman–Crippen LogP) is 3.47. The molecule has 0 aliphatic carbocycles. The van der Waals surface area contributed by atoms with E-state index in [4.69, 9.17) is 4.74 Å². The Labute approximate surface area is 148 Å². The fraction of sp³-hybridized carbons (Fsp3) is 0.300. The van der Waals surface area contributed by atoms with Gasteiger partial charge in [0.05, 0.1) is 0 Å². The maximum atomic E-state index is 12.0. The Morgan fingerprint density at radius 2 is 1.56 bits per heavy atom. The largest absolute Gasteiger partial charge is 0.445 e. The Kier molecular flexibility index (Phi) is 7.01. The van der Waals surface area contributed by atoms with E-state index >= 15 is 0 Å². The summed E-state index contributed by atoms with van der Waals surface area (Å²) in [5.41, 5.74) is 2.73. The number of carbonyl (C=O) groups is 2. The molecule has 5 nitrogen and oxygen atoms in total. The van der Waals surface area contributed by atoms with E-state index in [0.29, 0.717) is 24.6 Å². The van der Waals surface area contributed by atoms with E-state index in [1.165, 1.54) is 5.56 Å². The van der Waals surface area contributed by atoms with Crippen LogP contribution >= 0.6 is 0 Å². The third kappa shape index (κ3) is 6.30. The highest BCUT2D eigenvalue weighted by molar-refractivity contribution is 5.94. The van der Waals surface area contributed by atoms with Gasteiger partial charge in [-0.1, -0.05) is 56.3 Å². The molecule has 0 unspecified atom stereocenters. The summed E-state index contributed by atoms with van der Waals surface area (Å²) < 4.78 is 5.09. The van der Waals surface area contributed by atoms with Crippen molar-refractivity contribution in [2.24, 2.45) is 0 Å². The summed E-state index contributed by atoms with van der Waals surface area (Å²) in [6, 6.07) is 17.0. The number of benzene rings is 2. The smallest absolute Gasteiger partial charge is 0.407 e. The number of amides is 2. The molecule has 25 heavy (non-hydrogen) atoms. The van der Waals surface area contributed by atoms with Crippen LogP contribution in [0.3, 0.4) is 0 Å². The van der Waals surface area contributed by atoms with Crippen molar-refractivity contribution in [1.82, 2.24) is 10.6 Å². The first-order valence-electron chi connectivity index (χ1n) is 8.39. The van der Waals surface area contributed by atoms with Gasteiger partial charge in [-0.2, -0.15) is 0 Å². The summed E-state index contributed by atoms with van der Waals surface area (Å²) in [6.07, 6.45) is -0.501. The minimum absolute atomic E-state index is 0.158. The number of carbonyl (C=O) groups excluding carboxylic acids is 2. The van der Waals surface area contributed by atoms with Gasteiger partial charge in [-0.15, -0.1) is 0 Å². The number of hydrogen-bond donors (Lipinski definition) is 2. The lowest BCUT2D eigenvalue weighted by atomic mass is 10.0. The molecule has 2 aromatic rings. The molecule has 2 aromatic carbocycles. The van der Waals surface area contributed by atoms with E-state index in [1.54, 1.807) is 0 Å². The lowest BCUT2D eigenvalue weighted by Gasteiger charge is -2.09. The summed E-state index contributed by atoms with van der Waals surface area (Å²) in [4.78, 5) is 23.6. The molecule has 0 radical (unpaired) electrons. The van der Waals surface area contributed by atoms with Crippen molar-refractivity contribution in [2.45, 2.75) is 26.4 Å². The van der Waals surface area contributed by atoms with Crippen LogP contribution in [0.2, 0.25) is 0 Å². The minimum atomic E-state index is -0.501. The maximum absolute atomic E-state index is 12.0. The van der Waals surface area contributed by atoms with Crippen molar-refractivity contribution in [3.63, 3.8) is 0 Å². The first-order chi connectivity index (χ1) is 12.1. The molecule has 132 valence electrons. The van der Waals surface area contributed by atoms with Gasteiger partial charge in [0.15, 0.2) is 0 Å². The molecule has 0 bridgehead atoms. The molecule has 0 aliphatic rings. The zero-order chi connectivity index (χ0) is 18.1. The van der Waals surface area contributed by atoms with Crippen LogP contribution in [-0.2, 0) is 11.3 Å². The zero-order valence-electron chi connectivity index (χ0n) is 14.6. The number of ether oxygens (including phenoxy) is 1. The van der Waals surface area contributed by atoms with Gasteiger partial charge in [0.1, 0.15) is 6.61 Å². The van der Waals surface area contributed by atoms with E-state index in [9.17, 15) is 9.59 Å². The van der Waals surface area contributed by atoms with Crippen molar-refractivity contribution >= 4 is 12.0 Å². The average molecular weight is 340 g/mol. The van der Waals surface area contributed by atoms with Crippen molar-refractivity contribution in [1.29, 1.82) is 0 Å². The molecule has 0 aromatic heterocycles. The molecule has 0 atom stereocenters. The molecule has 0 heterocycles. The first-order valence-corrected chi connectivity index (χ1v) is 8.39. The molecular formula is C20H24N2O3. The molecule has 0 saturated heterocycles. The Balaban J connectivity index is 1.64. The van der Waals surface area contributed by atoms with E-state index in [2.05, 4.69) is 24.5 Å². The third-order valence-corrected chi connectivity index (χ3v) is 3.73. The van der Waals surface area contributed by atoms with Crippen LogP contribution in [0.25, 0.3) is 0 Å². The van der Waals surface area contributed by atoms with E-state index in [0.717, 1.165) is 5.56 Å². The Hall–Kier alpha value is -2.82. The fourth-order valence-electron chi connectivity index (χ4n) is 2.24. The van der Waals surface area contributed by atoms with Crippen molar-refractivity contribution in [2.75, 3.05) is 13.1 Å². The number of hydrogen-bond acceptors (Lipinski definition) is 3. The highest BCUT2D eigenvalue weighted by Crippen LogP contribution is 2.14. The van der Waals surface area contributed by atoms with Crippen LogP contribution in [0.1, 0.15) is 41.3 Å². The van der Waals surface area contributed by atoms with E-state index in [1.807, 2.05) is 54.6 Å². The van der Waals surface area contributed by atoms with Crippen molar-refractivity contribution < 1.29 is 14.3 Å². The maximum Gasteiger partial charge on any atom is 0.407 e. The highest BCUT2D eigenvalue weighted by atomic mass is 16.5. The standard InChI is InChI=1S/C20H24N2O3/c1-15(2)17-8-10-18(11-9-17)19(23)21-12-13-22-20(24)25-14-16-6-4-3-5-7-16/h3-11,15H,12-14H2,1-2H3,(H,21,23)(H,22,24). The SMILES string of the molecule is CC(C)c1ccc(C(=O)NCCNC(=O)OCc2ccccc2)cc1. The van der Waals surface area contributed by atoms with Gasteiger partial charge in [-0.25, -0.2) is 4.79 Å². The van der Waals surface area contributed by atoms with Gasteiger partial charge < -0.3 is 15.4 Å². The summed E-state index contributed by atoms with van der Waals surface area (Å²) in [6.45, 7) is 5.09. The van der Waals surface area contributed by atoms with Gasteiger partial charge in [0.25, 0.3) is 5.91 Å². The second-order valence-electron chi connectivity index (χ2n) is 6.02. The van der Waals surface area contributed by atoms with Crippen LogP contribution in [0.5, 0.6) is 0 Å². The number of alkyl carbamates (subject to hydrolysis) is 1. The molecule has 2 N–H and O–H groups in total. The van der Waals surface area contributed by atoms with Gasteiger partial charge in [-0.05, 0) is 29.2 Å². The van der Waals surface area contributed by atoms with Gasteiger partial charge in [0.2, 0.25) is 0 Å². The van der Waals surface area contributed by atoms with Crippen LogP contribution in [0.15, 0.2) is 54.6 Å². The van der Waals surface area contributed by atoms with Crippen molar-refractivity contribution in [3.05, 3.63) is 71.3 Å². The molecule has 0 aliphatic heterocycles. The molecular weight excluding hydrogens is 316 g/mol. The second kappa shape index (κ2) is 9.47. The minimum Gasteiger partial charge on any atom is -0.445 e. The predicted molar refractivity (Wildman–Crippen MR) is 97.5 cm³/mol. The fourth-order valence-corrected chi connectivity index (χ4v) is 2.24. The van der Waals surface area contributed by atoms with Crippen LogP contribution in [-0.4, -0.2) is 25.1 Å². The van der Waals surface area contributed by atoms with Crippen LogP contribution < -0.4 is 10.6 Å². The number of nitrogens with one attached hydrogen (secondary N) is 2. The number of rotatable bonds is 7. The second-order valence-corrected chi connectivity index (χ2v) is 6.02.